The normalized spacial score (nSPS) is 10.3. The van der Waals surface area contributed by atoms with Crippen LogP contribution in [-0.2, 0) is 17.8 Å². The average Bonchev–Trinajstić information content (AvgIpc) is 2.84. The van der Waals surface area contributed by atoms with Crippen LogP contribution in [0.5, 0.6) is 0 Å². The molecular formula is C13H14FN3O. The second kappa shape index (κ2) is 5.44. The number of nitrogens with zero attached hydrogens (tertiary/aromatic N) is 2. The van der Waals surface area contributed by atoms with Crippen LogP contribution in [0.2, 0.25) is 0 Å². The van der Waals surface area contributed by atoms with Crippen molar-refractivity contribution in [1.82, 2.24) is 15.1 Å². The summed E-state index contributed by atoms with van der Waals surface area (Å²) in [5, 5.41) is 6.49. The number of likely N-dealkylation sites (N-methyl/N-ethyl adjacent to an activating group) is 1. The number of H-pyrrole nitrogens is 1. The SMILES string of the molecule is CN(Cc1cn[nH]c1)C(=O)Cc1ccccc1F. The van der Waals surface area contributed by atoms with Crippen molar-refractivity contribution >= 4 is 5.91 Å². The first-order valence-corrected chi connectivity index (χ1v) is 5.62. The summed E-state index contributed by atoms with van der Waals surface area (Å²) in [5.41, 5.74) is 1.33. The molecule has 0 atom stereocenters. The van der Waals surface area contributed by atoms with E-state index in [-0.39, 0.29) is 18.1 Å². The molecular weight excluding hydrogens is 233 g/mol. The van der Waals surface area contributed by atoms with E-state index in [2.05, 4.69) is 10.2 Å². The van der Waals surface area contributed by atoms with Gasteiger partial charge in [-0.15, -0.1) is 0 Å². The van der Waals surface area contributed by atoms with E-state index in [1.165, 1.54) is 6.07 Å². The van der Waals surface area contributed by atoms with Crippen molar-refractivity contribution in [3.05, 3.63) is 53.6 Å². The van der Waals surface area contributed by atoms with E-state index in [9.17, 15) is 9.18 Å². The lowest BCUT2D eigenvalue weighted by molar-refractivity contribution is -0.129. The number of halogens is 1. The van der Waals surface area contributed by atoms with Crippen LogP contribution >= 0.6 is 0 Å². The molecule has 94 valence electrons. The molecule has 4 nitrogen and oxygen atoms in total. The predicted octanol–water partition coefficient (Wildman–Crippen LogP) is 1.75. The van der Waals surface area contributed by atoms with Crippen molar-refractivity contribution in [1.29, 1.82) is 0 Å². The van der Waals surface area contributed by atoms with Gasteiger partial charge >= 0.3 is 0 Å². The van der Waals surface area contributed by atoms with Gasteiger partial charge in [0.15, 0.2) is 0 Å². The fourth-order valence-corrected chi connectivity index (χ4v) is 1.67. The number of hydrogen-bond donors (Lipinski definition) is 1. The Hall–Kier alpha value is -2.17. The number of aromatic nitrogens is 2. The molecule has 0 bridgehead atoms. The van der Waals surface area contributed by atoms with Crippen molar-refractivity contribution in [2.75, 3.05) is 7.05 Å². The lowest BCUT2D eigenvalue weighted by Crippen LogP contribution is -2.27. The van der Waals surface area contributed by atoms with Crippen LogP contribution in [0.15, 0.2) is 36.7 Å². The van der Waals surface area contributed by atoms with Crippen molar-refractivity contribution < 1.29 is 9.18 Å². The average molecular weight is 247 g/mol. The van der Waals surface area contributed by atoms with Crippen LogP contribution in [-0.4, -0.2) is 28.1 Å². The maximum atomic E-state index is 13.4. The van der Waals surface area contributed by atoms with E-state index in [4.69, 9.17) is 0 Å². The van der Waals surface area contributed by atoms with Crippen LogP contribution in [0.25, 0.3) is 0 Å². The highest BCUT2D eigenvalue weighted by Crippen LogP contribution is 2.09. The Bertz CT molecular complexity index is 525. The predicted molar refractivity (Wildman–Crippen MR) is 65.2 cm³/mol. The third-order valence-electron chi connectivity index (χ3n) is 2.70. The molecule has 0 saturated carbocycles. The van der Waals surface area contributed by atoms with E-state index in [1.807, 2.05) is 0 Å². The Labute approximate surface area is 104 Å². The highest BCUT2D eigenvalue weighted by atomic mass is 19.1. The van der Waals surface area contributed by atoms with Gasteiger partial charge in [-0.2, -0.15) is 5.10 Å². The van der Waals surface area contributed by atoms with E-state index < -0.39 is 0 Å². The Balaban J connectivity index is 1.98. The lowest BCUT2D eigenvalue weighted by atomic mass is 10.1. The zero-order chi connectivity index (χ0) is 13.0. The van der Waals surface area contributed by atoms with Gasteiger partial charge in [0.25, 0.3) is 0 Å². The molecule has 0 aliphatic rings. The number of benzene rings is 1. The third-order valence-corrected chi connectivity index (χ3v) is 2.70. The van der Waals surface area contributed by atoms with Gasteiger partial charge < -0.3 is 4.90 Å². The fraction of sp³-hybridized carbons (Fsp3) is 0.231. The maximum absolute atomic E-state index is 13.4. The van der Waals surface area contributed by atoms with E-state index in [0.29, 0.717) is 12.1 Å². The van der Waals surface area contributed by atoms with Gasteiger partial charge in [0, 0.05) is 25.4 Å². The fourth-order valence-electron chi connectivity index (χ4n) is 1.67. The van der Waals surface area contributed by atoms with Crippen LogP contribution in [0, 0.1) is 5.82 Å². The molecule has 1 aromatic carbocycles. The maximum Gasteiger partial charge on any atom is 0.227 e. The van der Waals surface area contributed by atoms with Crippen LogP contribution in [0.4, 0.5) is 4.39 Å². The smallest absolute Gasteiger partial charge is 0.227 e. The summed E-state index contributed by atoms with van der Waals surface area (Å²) in [5.74, 6) is -0.469. The van der Waals surface area contributed by atoms with E-state index in [1.54, 1.807) is 42.5 Å². The molecule has 18 heavy (non-hydrogen) atoms. The molecule has 1 aromatic heterocycles. The molecule has 0 aliphatic carbocycles. The Morgan fingerprint density at radius 1 is 1.44 bits per heavy atom. The molecule has 0 spiro atoms. The minimum absolute atomic E-state index is 0.0705. The number of hydrogen-bond acceptors (Lipinski definition) is 2. The minimum atomic E-state index is -0.345. The second-order valence-electron chi connectivity index (χ2n) is 4.12. The summed E-state index contributed by atoms with van der Waals surface area (Å²) in [6.07, 6.45) is 3.46. The number of amides is 1. The van der Waals surface area contributed by atoms with E-state index in [0.717, 1.165) is 5.56 Å². The van der Waals surface area contributed by atoms with Gasteiger partial charge in [0.05, 0.1) is 12.6 Å². The molecule has 2 rings (SSSR count). The van der Waals surface area contributed by atoms with Crippen LogP contribution < -0.4 is 0 Å². The summed E-state index contributed by atoms with van der Waals surface area (Å²) in [6.45, 7) is 0.462. The molecule has 1 amide bonds. The first-order valence-electron chi connectivity index (χ1n) is 5.62. The summed E-state index contributed by atoms with van der Waals surface area (Å²) in [7, 11) is 1.69. The molecule has 5 heteroatoms. The monoisotopic (exact) mass is 247 g/mol. The van der Waals surface area contributed by atoms with Crippen molar-refractivity contribution in [2.24, 2.45) is 0 Å². The van der Waals surface area contributed by atoms with Crippen molar-refractivity contribution in [2.45, 2.75) is 13.0 Å². The first kappa shape index (κ1) is 12.3. The zero-order valence-electron chi connectivity index (χ0n) is 10.1. The molecule has 0 fully saturated rings. The first-order chi connectivity index (χ1) is 8.66. The quantitative estimate of drug-likeness (QED) is 0.894. The van der Waals surface area contributed by atoms with Crippen molar-refractivity contribution in [3.63, 3.8) is 0 Å². The zero-order valence-corrected chi connectivity index (χ0v) is 10.1. The number of rotatable bonds is 4. The molecule has 0 aliphatic heterocycles. The molecule has 0 saturated heterocycles. The summed E-state index contributed by atoms with van der Waals surface area (Å²) < 4.78 is 13.4. The molecule has 0 unspecified atom stereocenters. The number of carbonyl (C=O) groups is 1. The van der Waals surface area contributed by atoms with Gasteiger partial charge in [-0.25, -0.2) is 4.39 Å². The van der Waals surface area contributed by atoms with Gasteiger partial charge in [0.2, 0.25) is 5.91 Å². The van der Waals surface area contributed by atoms with Gasteiger partial charge in [-0.3, -0.25) is 9.89 Å². The Kier molecular flexibility index (Phi) is 3.72. The summed E-state index contributed by atoms with van der Waals surface area (Å²) in [4.78, 5) is 13.5. The van der Waals surface area contributed by atoms with Gasteiger partial charge in [-0.1, -0.05) is 18.2 Å². The number of nitrogens with one attached hydrogen (secondary N) is 1. The summed E-state index contributed by atoms with van der Waals surface area (Å²) >= 11 is 0. The third kappa shape index (κ3) is 2.94. The van der Waals surface area contributed by atoms with E-state index >= 15 is 0 Å². The van der Waals surface area contributed by atoms with Gasteiger partial charge in [0.1, 0.15) is 5.82 Å². The lowest BCUT2D eigenvalue weighted by Gasteiger charge is -2.16. The topological polar surface area (TPSA) is 49.0 Å². The van der Waals surface area contributed by atoms with Crippen LogP contribution in [0.1, 0.15) is 11.1 Å². The van der Waals surface area contributed by atoms with Crippen LogP contribution in [0.3, 0.4) is 0 Å². The number of carbonyl (C=O) groups excluding carboxylic acids is 1. The Morgan fingerprint density at radius 2 is 2.22 bits per heavy atom. The molecule has 2 aromatic rings. The molecule has 1 heterocycles. The van der Waals surface area contributed by atoms with Crippen molar-refractivity contribution in [3.8, 4) is 0 Å². The van der Waals surface area contributed by atoms with Gasteiger partial charge in [-0.05, 0) is 11.6 Å². The minimum Gasteiger partial charge on any atom is -0.341 e. The number of aromatic amines is 1. The Morgan fingerprint density at radius 3 is 2.89 bits per heavy atom. The largest absolute Gasteiger partial charge is 0.341 e. The highest BCUT2D eigenvalue weighted by molar-refractivity contribution is 5.78. The standard InChI is InChI=1S/C13H14FN3O/c1-17(9-10-7-15-16-8-10)13(18)6-11-4-2-3-5-12(11)14/h2-5,7-8H,6,9H2,1H3,(H,15,16). The summed E-state index contributed by atoms with van der Waals surface area (Å²) in [6, 6.07) is 6.32. The molecule has 0 radical (unpaired) electrons. The molecule has 1 N–H and O–H groups in total. The highest BCUT2D eigenvalue weighted by Gasteiger charge is 2.12. The second-order valence-corrected chi connectivity index (χ2v) is 4.12.